The quantitative estimate of drug-likeness (QED) is 0.711. The van der Waals surface area contributed by atoms with Gasteiger partial charge in [-0.25, -0.2) is 5.32 Å². The topological polar surface area (TPSA) is 46.4 Å². The zero-order valence-electron chi connectivity index (χ0n) is 12.0. The highest BCUT2D eigenvalue weighted by atomic mass is 16.2. The molecule has 18 heavy (non-hydrogen) atoms. The summed E-state index contributed by atoms with van der Waals surface area (Å²) in [4.78, 5) is 14.0. The average molecular weight is 254 g/mol. The first-order chi connectivity index (χ1) is 8.77. The van der Waals surface area contributed by atoms with E-state index in [-0.39, 0.29) is 0 Å². The molecule has 1 rings (SSSR count). The molecule has 1 aliphatic rings. The first-order valence-corrected chi connectivity index (χ1v) is 7.42. The van der Waals surface area contributed by atoms with Gasteiger partial charge in [-0.1, -0.05) is 13.8 Å². The molecule has 4 heteroatoms. The van der Waals surface area contributed by atoms with E-state index < -0.39 is 0 Å². The van der Waals surface area contributed by atoms with Crippen LogP contribution in [0.3, 0.4) is 0 Å². The Morgan fingerprint density at radius 3 is 2.39 bits per heavy atom. The van der Waals surface area contributed by atoms with E-state index in [2.05, 4.69) is 24.5 Å². The van der Waals surface area contributed by atoms with E-state index in [1.807, 2.05) is 4.90 Å². The summed E-state index contributed by atoms with van der Waals surface area (Å²) in [6.45, 7) is 8.81. The average Bonchev–Trinajstić information content (AvgIpc) is 2.39. The first kappa shape index (κ1) is 15.4. The molecule has 0 spiro atoms. The monoisotopic (exact) mass is 254 g/mol. The van der Waals surface area contributed by atoms with Crippen molar-refractivity contribution >= 4 is 5.91 Å². The summed E-state index contributed by atoms with van der Waals surface area (Å²) >= 11 is 0. The molecule has 0 bridgehead atoms. The van der Waals surface area contributed by atoms with Gasteiger partial charge < -0.3 is 10.2 Å². The molecule has 1 saturated heterocycles. The van der Waals surface area contributed by atoms with E-state index in [1.165, 1.54) is 0 Å². The summed E-state index contributed by atoms with van der Waals surface area (Å²) in [6, 6.07) is 0.570. The van der Waals surface area contributed by atoms with Crippen LogP contribution >= 0.6 is 0 Å². The third-order valence-electron chi connectivity index (χ3n) is 3.38. The largest absolute Gasteiger partial charge is 0.343 e. The summed E-state index contributed by atoms with van der Waals surface area (Å²) < 4.78 is 0. The molecule has 1 N–H and O–H groups in total. The Balaban J connectivity index is 2.17. The maximum absolute atomic E-state index is 12.0. The van der Waals surface area contributed by atoms with E-state index in [9.17, 15) is 4.79 Å². The third kappa shape index (κ3) is 5.83. The lowest BCUT2D eigenvalue weighted by Gasteiger charge is -2.24. The molecule has 0 unspecified atom stereocenters. The Morgan fingerprint density at radius 2 is 1.83 bits per heavy atom. The van der Waals surface area contributed by atoms with Gasteiger partial charge in [0.2, 0.25) is 5.91 Å². The lowest BCUT2D eigenvalue weighted by atomic mass is 10.1. The van der Waals surface area contributed by atoms with Crippen LogP contribution in [0.5, 0.6) is 0 Å². The predicted octanol–water partition coefficient (Wildman–Crippen LogP) is 1.38. The van der Waals surface area contributed by atoms with E-state index in [4.69, 9.17) is 0 Å². The summed E-state index contributed by atoms with van der Waals surface area (Å²) in [5.41, 5.74) is 0. The highest BCUT2D eigenvalue weighted by Crippen LogP contribution is 2.03. The zero-order valence-corrected chi connectivity index (χ0v) is 12.0. The van der Waals surface area contributed by atoms with Crippen LogP contribution in [0.2, 0.25) is 0 Å². The van der Waals surface area contributed by atoms with Gasteiger partial charge in [-0.05, 0) is 25.7 Å². The maximum Gasteiger partial charge on any atom is 0.223 e. The normalized spacial score (nSPS) is 16.8. The van der Waals surface area contributed by atoms with Crippen molar-refractivity contribution in [2.45, 2.75) is 52.0 Å². The van der Waals surface area contributed by atoms with Crippen molar-refractivity contribution in [2.75, 3.05) is 32.7 Å². The van der Waals surface area contributed by atoms with Crippen molar-refractivity contribution in [3.63, 3.8) is 0 Å². The van der Waals surface area contributed by atoms with E-state index in [0.29, 0.717) is 18.4 Å². The number of rotatable bonds is 8. The fraction of sp³-hybridized carbons (Fsp3) is 0.929. The number of carbonyl (C=O) groups is 1. The van der Waals surface area contributed by atoms with Gasteiger partial charge in [-0.2, -0.15) is 0 Å². The SMILES string of the molecule is CCCN(CCC)C(=O)CCNC1CC[N]CC1. The highest BCUT2D eigenvalue weighted by molar-refractivity contribution is 5.76. The van der Waals surface area contributed by atoms with Gasteiger partial charge in [-0.3, -0.25) is 4.79 Å². The lowest BCUT2D eigenvalue weighted by Crippen LogP contribution is -2.40. The number of nitrogens with one attached hydrogen (secondary N) is 1. The molecule has 0 atom stereocenters. The molecular weight excluding hydrogens is 226 g/mol. The molecule has 4 nitrogen and oxygen atoms in total. The highest BCUT2D eigenvalue weighted by Gasteiger charge is 2.15. The lowest BCUT2D eigenvalue weighted by molar-refractivity contribution is -0.131. The van der Waals surface area contributed by atoms with Crippen LogP contribution in [-0.4, -0.2) is 49.6 Å². The second-order valence-corrected chi connectivity index (χ2v) is 5.03. The van der Waals surface area contributed by atoms with E-state index >= 15 is 0 Å². The molecule has 0 saturated carbocycles. The van der Waals surface area contributed by atoms with E-state index in [0.717, 1.165) is 58.4 Å². The number of amides is 1. The van der Waals surface area contributed by atoms with Gasteiger partial charge in [0.25, 0.3) is 0 Å². The molecule has 1 amide bonds. The van der Waals surface area contributed by atoms with Crippen molar-refractivity contribution < 1.29 is 4.79 Å². The smallest absolute Gasteiger partial charge is 0.223 e. The standard InChI is InChI=1S/C14H28N3O/c1-3-11-17(12-4-2)14(18)7-10-16-13-5-8-15-9-6-13/h13,16H,3-12H2,1-2H3. The fourth-order valence-electron chi connectivity index (χ4n) is 2.40. The Bertz CT molecular complexity index is 221. The van der Waals surface area contributed by atoms with Crippen LogP contribution in [0.15, 0.2) is 0 Å². The van der Waals surface area contributed by atoms with Crippen LogP contribution in [0, 0.1) is 0 Å². The minimum atomic E-state index is 0.298. The molecular formula is C14H28N3O. The van der Waals surface area contributed by atoms with Crippen molar-refractivity contribution in [1.82, 2.24) is 15.5 Å². The number of hydrogen-bond donors (Lipinski definition) is 1. The molecule has 0 aromatic rings. The van der Waals surface area contributed by atoms with Gasteiger partial charge in [0.15, 0.2) is 0 Å². The fourth-order valence-corrected chi connectivity index (χ4v) is 2.40. The Labute approximate surface area is 111 Å². The first-order valence-electron chi connectivity index (χ1n) is 7.42. The number of nitrogens with zero attached hydrogens (tertiary/aromatic N) is 2. The van der Waals surface area contributed by atoms with E-state index in [1.54, 1.807) is 0 Å². The maximum atomic E-state index is 12.0. The van der Waals surface area contributed by atoms with Crippen molar-refractivity contribution in [2.24, 2.45) is 0 Å². The summed E-state index contributed by atoms with van der Waals surface area (Å²) in [5.74, 6) is 0.298. The predicted molar refractivity (Wildman–Crippen MR) is 74.7 cm³/mol. The molecule has 0 aliphatic carbocycles. The number of carbonyl (C=O) groups excluding carboxylic acids is 1. The van der Waals surface area contributed by atoms with Crippen LogP contribution in [0.1, 0.15) is 46.0 Å². The van der Waals surface area contributed by atoms with Crippen LogP contribution in [-0.2, 0) is 4.79 Å². The van der Waals surface area contributed by atoms with Crippen molar-refractivity contribution in [3.05, 3.63) is 0 Å². The summed E-state index contributed by atoms with van der Waals surface area (Å²) in [5, 5.41) is 7.82. The van der Waals surface area contributed by atoms with Gasteiger partial charge >= 0.3 is 0 Å². The number of piperidine rings is 1. The molecule has 1 fully saturated rings. The Hall–Kier alpha value is -0.610. The molecule has 0 aromatic heterocycles. The van der Waals surface area contributed by atoms with Gasteiger partial charge in [0.05, 0.1) is 0 Å². The number of hydrogen-bond acceptors (Lipinski definition) is 2. The van der Waals surface area contributed by atoms with Gasteiger partial charge in [0, 0.05) is 45.2 Å². The Kier molecular flexibility index (Phi) is 8.01. The molecule has 105 valence electrons. The minimum absolute atomic E-state index is 0.298. The summed E-state index contributed by atoms with van der Waals surface area (Å²) in [6.07, 6.45) is 4.98. The van der Waals surface area contributed by atoms with Gasteiger partial charge in [-0.15, -0.1) is 0 Å². The van der Waals surface area contributed by atoms with Crippen molar-refractivity contribution in [1.29, 1.82) is 0 Å². The van der Waals surface area contributed by atoms with Crippen molar-refractivity contribution in [3.8, 4) is 0 Å². The second kappa shape index (κ2) is 9.34. The van der Waals surface area contributed by atoms with Crippen LogP contribution in [0.25, 0.3) is 0 Å². The molecule has 1 aliphatic heterocycles. The second-order valence-electron chi connectivity index (χ2n) is 5.03. The molecule has 0 aromatic carbocycles. The van der Waals surface area contributed by atoms with Gasteiger partial charge in [0.1, 0.15) is 0 Å². The Morgan fingerprint density at radius 1 is 1.22 bits per heavy atom. The third-order valence-corrected chi connectivity index (χ3v) is 3.38. The molecule has 1 radical (unpaired) electrons. The zero-order chi connectivity index (χ0) is 13.2. The molecule has 1 heterocycles. The summed E-state index contributed by atoms with van der Waals surface area (Å²) in [7, 11) is 0. The van der Waals surface area contributed by atoms with Crippen LogP contribution < -0.4 is 10.6 Å². The van der Waals surface area contributed by atoms with Crippen LogP contribution in [0.4, 0.5) is 0 Å². The minimum Gasteiger partial charge on any atom is -0.343 e.